The van der Waals surface area contributed by atoms with Gasteiger partial charge in [-0.2, -0.15) is 0 Å². The molecule has 4 heterocycles. The molecular weight excluding hydrogens is 498 g/mol. The quantitative estimate of drug-likeness (QED) is 0.379. The molecule has 0 bridgehead atoms. The molecule has 0 radical (unpaired) electrons. The van der Waals surface area contributed by atoms with Crippen molar-refractivity contribution < 1.29 is 27.8 Å². The molecule has 1 aliphatic heterocycles. The summed E-state index contributed by atoms with van der Waals surface area (Å²) in [5.41, 5.74) is 1.15. The Kier molecular flexibility index (Phi) is 7.44. The van der Waals surface area contributed by atoms with E-state index in [9.17, 15) is 18.3 Å². The highest BCUT2D eigenvalue weighted by molar-refractivity contribution is 7.90. The van der Waals surface area contributed by atoms with E-state index in [0.29, 0.717) is 48.1 Å². The van der Waals surface area contributed by atoms with Crippen molar-refractivity contribution in [1.29, 1.82) is 0 Å². The van der Waals surface area contributed by atoms with E-state index in [2.05, 4.69) is 25.6 Å². The van der Waals surface area contributed by atoms with Crippen LogP contribution in [0.25, 0.3) is 11.3 Å². The average Bonchev–Trinajstić information content (AvgIpc) is 2.77. The number of ether oxygens (including phenoxy) is 2. The largest absolute Gasteiger partial charge is 0.493 e. The van der Waals surface area contributed by atoms with Crippen molar-refractivity contribution in [3.8, 4) is 17.0 Å². The van der Waals surface area contributed by atoms with Crippen LogP contribution in [-0.2, 0) is 25.0 Å². The van der Waals surface area contributed by atoms with Gasteiger partial charge in [0.1, 0.15) is 17.4 Å². The SMILES string of the molecule is CC(=O)Nc1cc(Nc2cc(OCC3COC3)cc(S(C)(=O)=O)n2)c(-c2ccc(C(C)(C)O)cn2)cn1. The second-order valence-electron chi connectivity index (χ2n) is 9.43. The fourth-order valence-corrected chi connectivity index (χ4v) is 4.07. The van der Waals surface area contributed by atoms with Crippen LogP contribution in [0.3, 0.4) is 0 Å². The lowest BCUT2D eigenvalue weighted by molar-refractivity contribution is -0.114. The third-order valence-electron chi connectivity index (χ3n) is 5.56. The number of sulfone groups is 1. The normalized spacial score (nSPS) is 14.1. The molecule has 3 aromatic rings. The minimum absolute atomic E-state index is 0.150. The van der Waals surface area contributed by atoms with Gasteiger partial charge in [-0.3, -0.25) is 9.78 Å². The van der Waals surface area contributed by atoms with Crippen molar-refractivity contribution in [3.63, 3.8) is 0 Å². The molecule has 1 amide bonds. The Hall–Kier alpha value is -3.61. The van der Waals surface area contributed by atoms with Crippen molar-refractivity contribution in [2.45, 2.75) is 31.4 Å². The van der Waals surface area contributed by atoms with Gasteiger partial charge >= 0.3 is 0 Å². The van der Waals surface area contributed by atoms with Crippen LogP contribution in [0.5, 0.6) is 5.75 Å². The third-order valence-corrected chi connectivity index (χ3v) is 6.53. The molecule has 1 fully saturated rings. The van der Waals surface area contributed by atoms with E-state index in [0.717, 1.165) is 6.26 Å². The standard InChI is InChI=1S/C25H29N5O6S/c1-15(31)28-22-9-21(19(11-27-22)20-6-5-17(10-26-20)25(2,3)32)29-23-7-18(36-14-16-12-35-13-16)8-24(30-23)37(4,33)34/h5-11,16,32H,12-14H2,1-4H3,(H2,27,28,29,30,31). The molecule has 4 rings (SSSR count). The van der Waals surface area contributed by atoms with E-state index >= 15 is 0 Å². The highest BCUT2D eigenvalue weighted by atomic mass is 32.2. The number of aromatic nitrogens is 3. The molecule has 1 aliphatic rings. The maximum Gasteiger partial charge on any atom is 0.222 e. The number of carbonyl (C=O) groups excluding carboxylic acids is 1. The molecular formula is C25H29N5O6S. The molecule has 0 aromatic carbocycles. The lowest BCUT2D eigenvalue weighted by Crippen LogP contribution is -2.32. The van der Waals surface area contributed by atoms with Crippen LogP contribution in [0.4, 0.5) is 17.3 Å². The van der Waals surface area contributed by atoms with Crippen molar-refractivity contribution in [3.05, 3.63) is 48.3 Å². The Bertz CT molecular complexity index is 1400. The molecule has 1 saturated heterocycles. The first-order valence-electron chi connectivity index (χ1n) is 11.5. The van der Waals surface area contributed by atoms with Crippen molar-refractivity contribution in [1.82, 2.24) is 15.0 Å². The van der Waals surface area contributed by atoms with E-state index in [1.54, 1.807) is 44.3 Å². The maximum atomic E-state index is 12.3. The van der Waals surface area contributed by atoms with E-state index in [1.807, 2.05) is 0 Å². The van der Waals surface area contributed by atoms with Crippen LogP contribution in [-0.4, -0.2) is 60.5 Å². The minimum atomic E-state index is -3.64. The van der Waals surface area contributed by atoms with E-state index in [1.165, 1.54) is 19.2 Å². The molecule has 11 nitrogen and oxygen atoms in total. The number of rotatable bonds is 9. The fraction of sp³-hybridized carbons (Fsp3) is 0.360. The highest BCUT2D eigenvalue weighted by Gasteiger charge is 2.21. The van der Waals surface area contributed by atoms with E-state index in [-0.39, 0.29) is 28.5 Å². The molecule has 3 aromatic heterocycles. The number of carbonyl (C=O) groups is 1. The van der Waals surface area contributed by atoms with Crippen LogP contribution >= 0.6 is 0 Å². The van der Waals surface area contributed by atoms with Crippen LogP contribution in [0, 0.1) is 5.92 Å². The molecule has 0 saturated carbocycles. The summed E-state index contributed by atoms with van der Waals surface area (Å²) in [4.78, 5) is 24.6. The topological polar surface area (TPSA) is 153 Å². The summed E-state index contributed by atoms with van der Waals surface area (Å²) in [6, 6.07) is 8.08. The lowest BCUT2D eigenvalue weighted by atomic mass is 9.99. The van der Waals surface area contributed by atoms with Gasteiger partial charge in [-0.1, -0.05) is 6.07 Å². The van der Waals surface area contributed by atoms with Gasteiger partial charge in [0, 0.05) is 60.8 Å². The zero-order valence-corrected chi connectivity index (χ0v) is 21.8. The zero-order chi connectivity index (χ0) is 26.8. The van der Waals surface area contributed by atoms with Crippen molar-refractivity contribution in [2.24, 2.45) is 5.92 Å². The summed E-state index contributed by atoms with van der Waals surface area (Å²) in [6.07, 6.45) is 4.18. The highest BCUT2D eigenvalue weighted by Crippen LogP contribution is 2.33. The van der Waals surface area contributed by atoms with Gasteiger partial charge in [0.15, 0.2) is 14.9 Å². The number of nitrogens with one attached hydrogen (secondary N) is 2. The molecule has 3 N–H and O–H groups in total. The van der Waals surface area contributed by atoms with Gasteiger partial charge in [0.2, 0.25) is 5.91 Å². The number of nitrogens with zero attached hydrogens (tertiary/aromatic N) is 3. The van der Waals surface area contributed by atoms with Crippen LogP contribution in [0.2, 0.25) is 0 Å². The first kappa shape index (κ1) is 26.5. The third kappa shape index (κ3) is 6.79. The molecule has 0 spiro atoms. The maximum absolute atomic E-state index is 12.3. The number of amides is 1. The molecule has 0 unspecified atom stereocenters. The average molecular weight is 528 g/mol. The fourth-order valence-electron chi connectivity index (χ4n) is 3.48. The second kappa shape index (κ2) is 10.4. The molecule has 0 aliphatic carbocycles. The minimum Gasteiger partial charge on any atom is -0.493 e. The van der Waals surface area contributed by atoms with E-state index in [4.69, 9.17) is 9.47 Å². The van der Waals surface area contributed by atoms with Crippen LogP contribution in [0.15, 0.2) is 47.8 Å². The molecule has 12 heteroatoms. The summed E-state index contributed by atoms with van der Waals surface area (Å²) in [5, 5.41) is 15.9. The van der Waals surface area contributed by atoms with Gasteiger partial charge in [0.25, 0.3) is 0 Å². The monoisotopic (exact) mass is 527 g/mol. The van der Waals surface area contributed by atoms with Crippen LogP contribution in [0.1, 0.15) is 26.3 Å². The number of hydrogen-bond donors (Lipinski definition) is 3. The molecule has 196 valence electrons. The van der Waals surface area contributed by atoms with Gasteiger partial charge in [-0.05, 0) is 19.9 Å². The number of pyridine rings is 3. The first-order chi connectivity index (χ1) is 17.4. The van der Waals surface area contributed by atoms with Crippen molar-refractivity contribution in [2.75, 3.05) is 36.7 Å². The summed E-state index contributed by atoms with van der Waals surface area (Å²) in [7, 11) is -3.64. The molecule has 37 heavy (non-hydrogen) atoms. The van der Waals surface area contributed by atoms with Gasteiger partial charge in [-0.15, -0.1) is 0 Å². The summed E-state index contributed by atoms with van der Waals surface area (Å²) < 4.78 is 35.6. The first-order valence-corrected chi connectivity index (χ1v) is 13.4. The smallest absolute Gasteiger partial charge is 0.222 e. The van der Waals surface area contributed by atoms with Gasteiger partial charge in [-0.25, -0.2) is 18.4 Å². The van der Waals surface area contributed by atoms with Crippen LogP contribution < -0.4 is 15.4 Å². The number of anilines is 3. The number of hydrogen-bond acceptors (Lipinski definition) is 10. The molecule has 0 atom stereocenters. The lowest BCUT2D eigenvalue weighted by Gasteiger charge is -2.25. The van der Waals surface area contributed by atoms with E-state index < -0.39 is 15.4 Å². The number of aliphatic hydroxyl groups is 1. The Morgan fingerprint density at radius 1 is 1.16 bits per heavy atom. The summed E-state index contributed by atoms with van der Waals surface area (Å²) >= 11 is 0. The van der Waals surface area contributed by atoms with Crippen molar-refractivity contribution >= 4 is 33.1 Å². The van der Waals surface area contributed by atoms with Gasteiger partial charge in [0.05, 0.1) is 36.8 Å². The Morgan fingerprint density at radius 3 is 2.49 bits per heavy atom. The summed E-state index contributed by atoms with van der Waals surface area (Å²) in [5.74, 6) is 0.794. The Labute approximate surface area is 215 Å². The summed E-state index contributed by atoms with van der Waals surface area (Å²) in [6.45, 7) is 6.28. The predicted octanol–water partition coefficient (Wildman–Crippen LogP) is 2.90. The van der Waals surface area contributed by atoms with Gasteiger partial charge < -0.3 is 25.2 Å². The predicted molar refractivity (Wildman–Crippen MR) is 137 cm³/mol. The Morgan fingerprint density at radius 2 is 1.92 bits per heavy atom. The Balaban J connectivity index is 1.73. The zero-order valence-electron chi connectivity index (χ0n) is 21.0. The second-order valence-corrected chi connectivity index (χ2v) is 11.4.